The molecule has 0 bridgehead atoms. The Bertz CT molecular complexity index is 216. The van der Waals surface area contributed by atoms with Crippen LogP contribution in [0.25, 0.3) is 0 Å². The summed E-state index contributed by atoms with van der Waals surface area (Å²) < 4.78 is 0. The molecule has 0 aromatic rings. The molecule has 1 aliphatic rings. The lowest BCUT2D eigenvalue weighted by Gasteiger charge is -2.42. The third-order valence-corrected chi connectivity index (χ3v) is 4.80. The summed E-state index contributed by atoms with van der Waals surface area (Å²) in [6, 6.07) is 0. The first kappa shape index (κ1) is 14.8. The van der Waals surface area contributed by atoms with Crippen LogP contribution in [0.3, 0.4) is 0 Å². The molecule has 1 fully saturated rings. The normalized spacial score (nSPS) is 34.4. The highest BCUT2D eigenvalue weighted by Crippen LogP contribution is 2.44. The van der Waals surface area contributed by atoms with Gasteiger partial charge in [-0.25, -0.2) is 0 Å². The first-order valence-electron chi connectivity index (χ1n) is 7.94. The van der Waals surface area contributed by atoms with E-state index >= 15 is 0 Å². The SMILES string of the molecule is CC/C=C/C1C(CCC)CCC(CC)C1CC. The summed E-state index contributed by atoms with van der Waals surface area (Å²) >= 11 is 0. The first-order chi connectivity index (χ1) is 8.28. The topological polar surface area (TPSA) is 0 Å². The van der Waals surface area contributed by atoms with Gasteiger partial charge in [-0.1, -0.05) is 65.5 Å². The number of hydrogen-bond acceptors (Lipinski definition) is 0. The van der Waals surface area contributed by atoms with Gasteiger partial charge < -0.3 is 0 Å². The maximum atomic E-state index is 2.57. The second-order valence-corrected chi connectivity index (χ2v) is 5.78. The molecule has 0 radical (unpaired) electrons. The molecule has 1 aliphatic carbocycles. The fraction of sp³-hybridized carbons (Fsp3) is 0.882. The minimum atomic E-state index is 0.874. The summed E-state index contributed by atoms with van der Waals surface area (Å²) in [5.41, 5.74) is 0. The Morgan fingerprint density at radius 3 is 2.18 bits per heavy atom. The average molecular weight is 236 g/mol. The molecule has 0 heteroatoms. The zero-order valence-corrected chi connectivity index (χ0v) is 12.4. The standard InChI is InChI=1S/C17H32/c1-5-9-11-17-15(10-6-2)13-12-14(7-3)16(17)8-4/h9,11,14-17H,5-8,10,12-13H2,1-4H3/b11-9+. The summed E-state index contributed by atoms with van der Waals surface area (Å²) in [5.74, 6) is 3.78. The second-order valence-electron chi connectivity index (χ2n) is 5.78. The average Bonchev–Trinajstić information content (AvgIpc) is 2.36. The zero-order valence-electron chi connectivity index (χ0n) is 12.4. The zero-order chi connectivity index (χ0) is 12.7. The molecule has 0 aromatic heterocycles. The van der Waals surface area contributed by atoms with Crippen LogP contribution in [0.2, 0.25) is 0 Å². The third-order valence-electron chi connectivity index (χ3n) is 4.80. The van der Waals surface area contributed by atoms with Crippen LogP contribution >= 0.6 is 0 Å². The molecule has 100 valence electrons. The summed E-state index contributed by atoms with van der Waals surface area (Å²) in [4.78, 5) is 0. The molecule has 0 amide bonds. The van der Waals surface area contributed by atoms with Crippen molar-refractivity contribution in [1.82, 2.24) is 0 Å². The highest BCUT2D eigenvalue weighted by molar-refractivity contribution is 4.98. The van der Waals surface area contributed by atoms with Crippen molar-refractivity contribution >= 4 is 0 Å². The van der Waals surface area contributed by atoms with Crippen LogP contribution in [-0.2, 0) is 0 Å². The molecule has 0 aliphatic heterocycles. The molecule has 0 aromatic carbocycles. The van der Waals surface area contributed by atoms with Gasteiger partial charge in [0.05, 0.1) is 0 Å². The van der Waals surface area contributed by atoms with Crippen LogP contribution in [0.15, 0.2) is 12.2 Å². The molecule has 0 N–H and O–H groups in total. The highest BCUT2D eigenvalue weighted by atomic mass is 14.4. The van der Waals surface area contributed by atoms with Crippen LogP contribution in [-0.4, -0.2) is 0 Å². The van der Waals surface area contributed by atoms with Gasteiger partial charge in [0.25, 0.3) is 0 Å². The Hall–Kier alpha value is -0.260. The smallest absolute Gasteiger partial charge is 0.0174 e. The van der Waals surface area contributed by atoms with Crippen LogP contribution in [0, 0.1) is 23.7 Å². The lowest BCUT2D eigenvalue weighted by molar-refractivity contribution is 0.108. The van der Waals surface area contributed by atoms with E-state index in [1.807, 2.05) is 0 Å². The van der Waals surface area contributed by atoms with Crippen LogP contribution in [0.1, 0.15) is 72.6 Å². The lowest BCUT2D eigenvalue weighted by Crippen LogP contribution is -2.33. The predicted molar refractivity (Wildman–Crippen MR) is 78.1 cm³/mol. The quantitative estimate of drug-likeness (QED) is 0.509. The molecule has 4 atom stereocenters. The van der Waals surface area contributed by atoms with Gasteiger partial charge in [0.15, 0.2) is 0 Å². The Labute approximate surface area is 109 Å². The molecule has 4 unspecified atom stereocenters. The van der Waals surface area contributed by atoms with Gasteiger partial charge in [-0.05, 0) is 42.9 Å². The van der Waals surface area contributed by atoms with Gasteiger partial charge in [0.2, 0.25) is 0 Å². The van der Waals surface area contributed by atoms with E-state index in [0.29, 0.717) is 0 Å². The minimum absolute atomic E-state index is 0.874. The molecule has 17 heavy (non-hydrogen) atoms. The van der Waals surface area contributed by atoms with E-state index in [1.165, 1.54) is 44.9 Å². The molecule has 0 saturated heterocycles. The Morgan fingerprint density at radius 2 is 1.65 bits per heavy atom. The number of allylic oxidation sites excluding steroid dienone is 2. The second kappa shape index (κ2) is 7.95. The van der Waals surface area contributed by atoms with Crippen LogP contribution in [0.5, 0.6) is 0 Å². The van der Waals surface area contributed by atoms with E-state index in [2.05, 4.69) is 39.8 Å². The van der Waals surface area contributed by atoms with Crippen LogP contribution in [0.4, 0.5) is 0 Å². The van der Waals surface area contributed by atoms with Crippen molar-refractivity contribution in [2.24, 2.45) is 23.7 Å². The van der Waals surface area contributed by atoms with Crippen molar-refractivity contribution in [2.45, 2.75) is 72.6 Å². The molecular weight excluding hydrogens is 204 g/mol. The van der Waals surface area contributed by atoms with Crippen molar-refractivity contribution in [3.63, 3.8) is 0 Å². The van der Waals surface area contributed by atoms with Crippen molar-refractivity contribution in [3.05, 3.63) is 12.2 Å². The van der Waals surface area contributed by atoms with E-state index < -0.39 is 0 Å². The molecular formula is C17H32. The van der Waals surface area contributed by atoms with Crippen molar-refractivity contribution in [1.29, 1.82) is 0 Å². The fourth-order valence-electron chi connectivity index (χ4n) is 3.91. The van der Waals surface area contributed by atoms with Gasteiger partial charge in [0, 0.05) is 0 Å². The summed E-state index contributed by atoms with van der Waals surface area (Å²) in [5, 5.41) is 0. The van der Waals surface area contributed by atoms with Crippen molar-refractivity contribution < 1.29 is 0 Å². The monoisotopic (exact) mass is 236 g/mol. The van der Waals surface area contributed by atoms with Crippen molar-refractivity contribution in [3.8, 4) is 0 Å². The lowest BCUT2D eigenvalue weighted by atomic mass is 9.63. The highest BCUT2D eigenvalue weighted by Gasteiger charge is 2.35. The Kier molecular flexibility index (Phi) is 6.92. The number of hydrogen-bond donors (Lipinski definition) is 0. The first-order valence-corrected chi connectivity index (χ1v) is 7.94. The summed E-state index contributed by atoms with van der Waals surface area (Å²) in [7, 11) is 0. The largest absolute Gasteiger partial charge is 0.0885 e. The summed E-state index contributed by atoms with van der Waals surface area (Å²) in [6.45, 7) is 9.38. The van der Waals surface area contributed by atoms with Gasteiger partial charge in [-0.15, -0.1) is 0 Å². The van der Waals surface area contributed by atoms with Crippen molar-refractivity contribution in [2.75, 3.05) is 0 Å². The van der Waals surface area contributed by atoms with E-state index in [-0.39, 0.29) is 0 Å². The minimum Gasteiger partial charge on any atom is -0.0885 e. The maximum Gasteiger partial charge on any atom is -0.0174 e. The maximum absolute atomic E-state index is 2.57. The van der Waals surface area contributed by atoms with E-state index in [1.54, 1.807) is 0 Å². The Morgan fingerprint density at radius 1 is 0.941 bits per heavy atom. The molecule has 1 saturated carbocycles. The van der Waals surface area contributed by atoms with E-state index in [4.69, 9.17) is 0 Å². The molecule has 0 spiro atoms. The van der Waals surface area contributed by atoms with E-state index in [9.17, 15) is 0 Å². The molecule has 1 rings (SSSR count). The summed E-state index contributed by atoms with van der Waals surface area (Å²) in [6.07, 6.45) is 14.7. The predicted octanol–water partition coefficient (Wildman–Crippen LogP) is 5.83. The number of rotatable bonds is 6. The third kappa shape index (κ3) is 3.86. The Balaban J connectivity index is 2.77. The van der Waals surface area contributed by atoms with E-state index in [0.717, 1.165) is 23.7 Å². The molecule has 0 nitrogen and oxygen atoms in total. The fourth-order valence-corrected chi connectivity index (χ4v) is 3.91. The van der Waals surface area contributed by atoms with Gasteiger partial charge in [-0.3, -0.25) is 0 Å². The molecule has 0 heterocycles. The van der Waals surface area contributed by atoms with Crippen LogP contribution < -0.4 is 0 Å². The van der Waals surface area contributed by atoms with Gasteiger partial charge in [0.1, 0.15) is 0 Å². The van der Waals surface area contributed by atoms with Gasteiger partial charge >= 0.3 is 0 Å². The van der Waals surface area contributed by atoms with Gasteiger partial charge in [-0.2, -0.15) is 0 Å².